The van der Waals surface area contributed by atoms with Gasteiger partial charge in [-0.2, -0.15) is 0 Å². The molecule has 0 fully saturated rings. The first-order chi connectivity index (χ1) is 9.20. The maximum absolute atomic E-state index is 11.1. The summed E-state index contributed by atoms with van der Waals surface area (Å²) < 4.78 is 2.44. The van der Waals surface area contributed by atoms with E-state index in [1.165, 1.54) is 0 Å². The van der Waals surface area contributed by atoms with Crippen LogP contribution < -0.4 is 0 Å². The molecule has 0 spiro atoms. The average Bonchev–Trinajstić information content (AvgIpc) is 2.73. The second-order valence-corrected chi connectivity index (χ2v) is 6.54. The number of nitrogens with zero attached hydrogens (tertiary/aromatic N) is 3. The highest BCUT2D eigenvalue weighted by atomic mass is 79.9. The van der Waals surface area contributed by atoms with Crippen LogP contribution in [0.25, 0.3) is 5.69 Å². The number of aryl methyl sites for hydroxylation is 1. The number of aromatic nitrogens is 3. The largest absolute Gasteiger partial charge is 0.475 e. The zero-order chi connectivity index (χ0) is 15.1. The molecule has 0 saturated heterocycles. The Morgan fingerprint density at radius 1 is 1.35 bits per heavy atom. The van der Waals surface area contributed by atoms with Crippen LogP contribution in [0.3, 0.4) is 0 Å². The van der Waals surface area contributed by atoms with Crippen molar-refractivity contribution in [1.82, 2.24) is 14.8 Å². The van der Waals surface area contributed by atoms with Gasteiger partial charge in [-0.25, -0.2) is 14.5 Å². The summed E-state index contributed by atoms with van der Waals surface area (Å²) in [5.74, 6) is -0.709. The summed E-state index contributed by atoms with van der Waals surface area (Å²) in [5.41, 5.74) is 1.57. The number of hydrogen-bond donors (Lipinski definition) is 1. The fourth-order valence-corrected chi connectivity index (χ4v) is 2.50. The van der Waals surface area contributed by atoms with E-state index in [4.69, 9.17) is 5.11 Å². The van der Waals surface area contributed by atoms with E-state index < -0.39 is 5.97 Å². The highest BCUT2D eigenvalue weighted by molar-refractivity contribution is 9.10. The van der Waals surface area contributed by atoms with Gasteiger partial charge in [0.2, 0.25) is 0 Å². The van der Waals surface area contributed by atoms with E-state index in [0.29, 0.717) is 5.82 Å². The topological polar surface area (TPSA) is 68.0 Å². The van der Waals surface area contributed by atoms with Gasteiger partial charge in [0.25, 0.3) is 5.82 Å². The first kappa shape index (κ1) is 14.7. The molecule has 0 radical (unpaired) electrons. The van der Waals surface area contributed by atoms with Crippen LogP contribution in [0.5, 0.6) is 0 Å². The molecular weight excluding hydrogens is 322 g/mol. The minimum Gasteiger partial charge on any atom is -0.475 e. The number of aromatic carboxylic acids is 1. The Morgan fingerprint density at radius 2 is 2.00 bits per heavy atom. The molecule has 0 bridgehead atoms. The van der Waals surface area contributed by atoms with Crippen molar-refractivity contribution in [2.75, 3.05) is 0 Å². The normalized spacial score (nSPS) is 11.7. The third-order valence-corrected chi connectivity index (χ3v) is 3.44. The SMILES string of the molecule is Cc1ccc(-n2nc(C(=O)O)nc2C(C)(C)C)c(Br)c1. The fraction of sp³-hybridized carbons (Fsp3) is 0.357. The van der Waals surface area contributed by atoms with Crippen molar-refractivity contribution < 1.29 is 9.90 Å². The Morgan fingerprint density at radius 3 is 2.50 bits per heavy atom. The number of rotatable bonds is 2. The Labute approximate surface area is 125 Å². The third kappa shape index (κ3) is 2.75. The van der Waals surface area contributed by atoms with E-state index in [1.807, 2.05) is 45.9 Å². The third-order valence-electron chi connectivity index (χ3n) is 2.80. The molecule has 0 atom stereocenters. The molecule has 0 aliphatic rings. The van der Waals surface area contributed by atoms with E-state index in [-0.39, 0.29) is 11.2 Å². The lowest BCUT2D eigenvalue weighted by Crippen LogP contribution is -2.19. The van der Waals surface area contributed by atoms with Gasteiger partial charge < -0.3 is 5.11 Å². The van der Waals surface area contributed by atoms with E-state index in [0.717, 1.165) is 15.7 Å². The van der Waals surface area contributed by atoms with Gasteiger partial charge in [0.15, 0.2) is 0 Å². The van der Waals surface area contributed by atoms with Crippen LogP contribution in [0.15, 0.2) is 22.7 Å². The van der Waals surface area contributed by atoms with Crippen LogP contribution >= 0.6 is 15.9 Å². The van der Waals surface area contributed by atoms with Gasteiger partial charge in [-0.3, -0.25) is 0 Å². The van der Waals surface area contributed by atoms with Gasteiger partial charge in [-0.15, -0.1) is 5.10 Å². The predicted octanol–water partition coefficient (Wildman–Crippen LogP) is 3.33. The first-order valence-corrected chi connectivity index (χ1v) is 6.97. The lowest BCUT2D eigenvalue weighted by atomic mass is 9.95. The van der Waals surface area contributed by atoms with Crippen molar-refractivity contribution in [3.63, 3.8) is 0 Å². The minimum absolute atomic E-state index is 0.192. The van der Waals surface area contributed by atoms with Crippen LogP contribution in [0.1, 0.15) is 42.8 Å². The Hall–Kier alpha value is -1.69. The molecule has 1 heterocycles. The van der Waals surface area contributed by atoms with Crippen LogP contribution in [0, 0.1) is 6.92 Å². The van der Waals surface area contributed by atoms with Gasteiger partial charge >= 0.3 is 5.97 Å². The van der Waals surface area contributed by atoms with Crippen molar-refractivity contribution in [3.8, 4) is 5.69 Å². The molecule has 0 unspecified atom stereocenters. The smallest absolute Gasteiger partial charge is 0.375 e. The van der Waals surface area contributed by atoms with Gasteiger partial charge in [-0.1, -0.05) is 26.8 Å². The van der Waals surface area contributed by atoms with Crippen molar-refractivity contribution >= 4 is 21.9 Å². The summed E-state index contributed by atoms with van der Waals surface area (Å²) in [6.45, 7) is 7.91. The Balaban J connectivity index is 2.69. The van der Waals surface area contributed by atoms with E-state index in [2.05, 4.69) is 26.0 Å². The average molecular weight is 338 g/mol. The molecule has 106 valence electrons. The fourth-order valence-electron chi connectivity index (χ4n) is 1.84. The highest BCUT2D eigenvalue weighted by Gasteiger charge is 2.26. The molecule has 2 aromatic rings. The summed E-state index contributed by atoms with van der Waals surface area (Å²) in [7, 11) is 0. The van der Waals surface area contributed by atoms with E-state index in [1.54, 1.807) is 4.68 Å². The van der Waals surface area contributed by atoms with E-state index in [9.17, 15) is 4.79 Å². The lowest BCUT2D eigenvalue weighted by Gasteiger charge is -2.19. The van der Waals surface area contributed by atoms with Crippen molar-refractivity contribution in [2.45, 2.75) is 33.1 Å². The molecule has 2 rings (SSSR count). The summed E-state index contributed by atoms with van der Waals surface area (Å²) in [6, 6.07) is 5.81. The number of halogens is 1. The van der Waals surface area contributed by atoms with Gasteiger partial charge in [0, 0.05) is 9.89 Å². The molecule has 20 heavy (non-hydrogen) atoms. The molecule has 1 aromatic heterocycles. The van der Waals surface area contributed by atoms with Crippen LogP contribution in [0.2, 0.25) is 0 Å². The number of benzene rings is 1. The molecular formula is C14H16BrN3O2. The Bertz CT molecular complexity index is 672. The molecule has 1 aromatic carbocycles. The summed E-state index contributed by atoms with van der Waals surface area (Å²) in [6.07, 6.45) is 0. The molecule has 1 N–H and O–H groups in total. The maximum atomic E-state index is 11.1. The highest BCUT2D eigenvalue weighted by Crippen LogP contribution is 2.28. The minimum atomic E-state index is -1.13. The standard InChI is InChI=1S/C14H16BrN3O2/c1-8-5-6-10(9(15)7-8)18-13(14(2,3)4)16-11(17-18)12(19)20/h5-7H,1-4H3,(H,19,20). The molecule has 0 aliphatic carbocycles. The van der Waals surface area contributed by atoms with Crippen molar-refractivity contribution in [2.24, 2.45) is 0 Å². The summed E-state index contributed by atoms with van der Waals surface area (Å²) in [4.78, 5) is 15.3. The van der Waals surface area contributed by atoms with Gasteiger partial charge in [0.1, 0.15) is 5.82 Å². The second kappa shape index (κ2) is 5.01. The lowest BCUT2D eigenvalue weighted by molar-refractivity contribution is 0.0683. The molecule has 0 saturated carbocycles. The van der Waals surface area contributed by atoms with Gasteiger partial charge in [0.05, 0.1) is 5.69 Å². The molecule has 0 amide bonds. The summed E-state index contributed by atoms with van der Waals surface area (Å²) in [5, 5.41) is 13.2. The van der Waals surface area contributed by atoms with Gasteiger partial charge in [-0.05, 0) is 40.5 Å². The van der Waals surface area contributed by atoms with Crippen molar-refractivity contribution in [1.29, 1.82) is 0 Å². The maximum Gasteiger partial charge on any atom is 0.375 e. The number of carboxylic acids is 1. The quantitative estimate of drug-likeness (QED) is 0.912. The van der Waals surface area contributed by atoms with Crippen molar-refractivity contribution in [3.05, 3.63) is 39.9 Å². The number of hydrogen-bond acceptors (Lipinski definition) is 3. The molecule has 6 heteroatoms. The van der Waals surface area contributed by atoms with Crippen LogP contribution in [-0.2, 0) is 5.41 Å². The van der Waals surface area contributed by atoms with E-state index >= 15 is 0 Å². The zero-order valence-corrected chi connectivity index (χ0v) is 13.4. The monoisotopic (exact) mass is 337 g/mol. The number of carboxylic acid groups (broad SMARTS) is 1. The predicted molar refractivity (Wildman–Crippen MR) is 79.5 cm³/mol. The van der Waals surface area contributed by atoms with Crippen LogP contribution in [-0.4, -0.2) is 25.8 Å². The zero-order valence-electron chi connectivity index (χ0n) is 11.8. The molecule has 0 aliphatic heterocycles. The van der Waals surface area contributed by atoms with Crippen LogP contribution in [0.4, 0.5) is 0 Å². The second-order valence-electron chi connectivity index (χ2n) is 5.68. The Kier molecular flexibility index (Phi) is 3.69. The molecule has 5 nitrogen and oxygen atoms in total. The number of carbonyl (C=O) groups is 1. The first-order valence-electron chi connectivity index (χ1n) is 6.17. The summed E-state index contributed by atoms with van der Waals surface area (Å²) >= 11 is 3.49.